The molecule has 2 rings (SSSR count). The Bertz CT molecular complexity index is 653. The van der Waals surface area contributed by atoms with Crippen LogP contribution < -0.4 is 10.6 Å². The third kappa shape index (κ3) is 5.14. The molecule has 22 heavy (non-hydrogen) atoms. The minimum absolute atomic E-state index is 0.0178. The Labute approximate surface area is 130 Å². The monoisotopic (exact) mass is 324 g/mol. The highest BCUT2D eigenvalue weighted by molar-refractivity contribution is 7.91. The van der Waals surface area contributed by atoms with Gasteiger partial charge in [-0.05, 0) is 18.9 Å². The summed E-state index contributed by atoms with van der Waals surface area (Å²) in [5, 5.41) is 5.17. The van der Waals surface area contributed by atoms with Crippen molar-refractivity contribution < 1.29 is 18.0 Å². The van der Waals surface area contributed by atoms with Gasteiger partial charge in [0.1, 0.15) is 0 Å². The van der Waals surface area contributed by atoms with Crippen LogP contribution in [0.15, 0.2) is 24.3 Å². The third-order valence-electron chi connectivity index (χ3n) is 3.53. The molecular weight excluding hydrogens is 304 g/mol. The molecule has 0 spiro atoms. The standard InChI is InChI=1S/C15H20N2O4S/c1-11-2-4-12(5-3-11)8-14(18)16-9-15(19)17-13-6-7-22(20,21)10-13/h2-5,13H,6-10H2,1H3,(H,16,18)(H,17,19). The Morgan fingerprint density at radius 1 is 1.18 bits per heavy atom. The summed E-state index contributed by atoms with van der Waals surface area (Å²) in [6.45, 7) is 1.83. The van der Waals surface area contributed by atoms with Crippen molar-refractivity contribution in [1.29, 1.82) is 0 Å². The van der Waals surface area contributed by atoms with Crippen LogP contribution in [0.3, 0.4) is 0 Å². The molecule has 2 amide bonds. The molecule has 1 atom stereocenters. The van der Waals surface area contributed by atoms with Crippen molar-refractivity contribution in [3.05, 3.63) is 35.4 Å². The van der Waals surface area contributed by atoms with Gasteiger partial charge in [0.05, 0.1) is 24.5 Å². The summed E-state index contributed by atoms with van der Waals surface area (Å²) in [4.78, 5) is 23.4. The molecule has 0 radical (unpaired) electrons. The number of hydrogen-bond acceptors (Lipinski definition) is 4. The topological polar surface area (TPSA) is 92.3 Å². The van der Waals surface area contributed by atoms with Crippen molar-refractivity contribution >= 4 is 21.7 Å². The molecule has 120 valence electrons. The highest BCUT2D eigenvalue weighted by Gasteiger charge is 2.28. The number of rotatable bonds is 5. The quantitative estimate of drug-likeness (QED) is 0.795. The van der Waals surface area contributed by atoms with E-state index in [9.17, 15) is 18.0 Å². The van der Waals surface area contributed by atoms with Crippen LogP contribution in [0.25, 0.3) is 0 Å². The van der Waals surface area contributed by atoms with Crippen molar-refractivity contribution in [3.63, 3.8) is 0 Å². The van der Waals surface area contributed by atoms with E-state index in [2.05, 4.69) is 10.6 Å². The molecule has 1 aliphatic heterocycles. The number of benzene rings is 1. The van der Waals surface area contributed by atoms with Gasteiger partial charge in [-0.25, -0.2) is 8.42 Å². The zero-order valence-corrected chi connectivity index (χ0v) is 13.3. The SMILES string of the molecule is Cc1ccc(CC(=O)NCC(=O)NC2CCS(=O)(=O)C2)cc1. The first-order chi connectivity index (χ1) is 10.3. The summed E-state index contributed by atoms with van der Waals surface area (Å²) in [6, 6.07) is 7.26. The Balaban J connectivity index is 1.72. The van der Waals surface area contributed by atoms with Crippen molar-refractivity contribution in [2.75, 3.05) is 18.1 Å². The van der Waals surface area contributed by atoms with Crippen LogP contribution in [0.4, 0.5) is 0 Å². The van der Waals surface area contributed by atoms with Gasteiger partial charge >= 0.3 is 0 Å². The molecule has 7 heteroatoms. The van der Waals surface area contributed by atoms with Crippen LogP contribution in [0.5, 0.6) is 0 Å². The Hall–Kier alpha value is -1.89. The zero-order valence-electron chi connectivity index (χ0n) is 12.5. The number of aryl methyl sites for hydroxylation is 1. The number of carbonyl (C=O) groups excluding carboxylic acids is 2. The fourth-order valence-electron chi connectivity index (χ4n) is 2.32. The maximum Gasteiger partial charge on any atom is 0.239 e. The van der Waals surface area contributed by atoms with Crippen LogP contribution in [0.2, 0.25) is 0 Å². The van der Waals surface area contributed by atoms with Gasteiger partial charge in [-0.1, -0.05) is 29.8 Å². The van der Waals surface area contributed by atoms with Crippen LogP contribution in [-0.4, -0.2) is 44.3 Å². The van der Waals surface area contributed by atoms with Gasteiger partial charge in [0.2, 0.25) is 11.8 Å². The lowest BCUT2D eigenvalue weighted by molar-refractivity contribution is -0.126. The van der Waals surface area contributed by atoms with Gasteiger partial charge in [0.15, 0.2) is 9.84 Å². The fraction of sp³-hybridized carbons (Fsp3) is 0.467. The van der Waals surface area contributed by atoms with Crippen molar-refractivity contribution in [2.24, 2.45) is 0 Å². The number of amides is 2. The number of nitrogens with one attached hydrogen (secondary N) is 2. The van der Waals surface area contributed by atoms with E-state index in [0.29, 0.717) is 6.42 Å². The average molecular weight is 324 g/mol. The van der Waals surface area contributed by atoms with Gasteiger partial charge < -0.3 is 10.6 Å². The normalized spacial score (nSPS) is 19.6. The van der Waals surface area contributed by atoms with Crippen molar-refractivity contribution in [3.8, 4) is 0 Å². The van der Waals surface area contributed by atoms with E-state index in [0.717, 1.165) is 11.1 Å². The van der Waals surface area contributed by atoms with E-state index in [1.165, 1.54) is 0 Å². The zero-order chi connectivity index (χ0) is 16.2. The lowest BCUT2D eigenvalue weighted by Gasteiger charge is -2.11. The molecule has 6 nitrogen and oxygen atoms in total. The van der Waals surface area contributed by atoms with Gasteiger partial charge in [-0.2, -0.15) is 0 Å². The summed E-state index contributed by atoms with van der Waals surface area (Å²) in [5.74, 6) is -0.509. The van der Waals surface area contributed by atoms with Gasteiger partial charge in [-0.15, -0.1) is 0 Å². The van der Waals surface area contributed by atoms with E-state index in [1.807, 2.05) is 31.2 Å². The second-order valence-electron chi connectivity index (χ2n) is 5.61. The van der Waals surface area contributed by atoms with Crippen molar-refractivity contribution in [1.82, 2.24) is 10.6 Å². The molecule has 1 unspecified atom stereocenters. The first kappa shape index (κ1) is 16.5. The lowest BCUT2D eigenvalue weighted by Crippen LogP contribution is -2.42. The summed E-state index contributed by atoms with van der Waals surface area (Å²) < 4.78 is 22.6. The molecule has 1 aromatic rings. The second kappa shape index (κ2) is 6.91. The molecule has 0 saturated carbocycles. The summed E-state index contributed by atoms with van der Waals surface area (Å²) in [5.41, 5.74) is 2.00. The number of carbonyl (C=O) groups is 2. The van der Waals surface area contributed by atoms with E-state index in [-0.39, 0.29) is 42.3 Å². The minimum Gasteiger partial charge on any atom is -0.351 e. The maximum atomic E-state index is 11.8. The van der Waals surface area contributed by atoms with Crippen LogP contribution >= 0.6 is 0 Å². The van der Waals surface area contributed by atoms with Gasteiger partial charge in [0.25, 0.3) is 0 Å². The minimum atomic E-state index is -3.02. The molecule has 1 aliphatic rings. The van der Waals surface area contributed by atoms with Crippen molar-refractivity contribution in [2.45, 2.75) is 25.8 Å². The summed E-state index contributed by atoms with van der Waals surface area (Å²) in [6.07, 6.45) is 0.650. The molecule has 0 aromatic heterocycles. The molecule has 0 bridgehead atoms. The van der Waals surface area contributed by atoms with E-state index in [1.54, 1.807) is 0 Å². The first-order valence-electron chi connectivity index (χ1n) is 7.16. The first-order valence-corrected chi connectivity index (χ1v) is 8.98. The summed E-state index contributed by atoms with van der Waals surface area (Å²) >= 11 is 0. The smallest absolute Gasteiger partial charge is 0.239 e. The molecule has 2 N–H and O–H groups in total. The number of hydrogen-bond donors (Lipinski definition) is 2. The predicted molar refractivity (Wildman–Crippen MR) is 83.1 cm³/mol. The van der Waals surface area contributed by atoms with Crippen LogP contribution in [0.1, 0.15) is 17.5 Å². The maximum absolute atomic E-state index is 11.8. The lowest BCUT2D eigenvalue weighted by atomic mass is 10.1. The molecular formula is C15H20N2O4S. The Morgan fingerprint density at radius 2 is 1.86 bits per heavy atom. The molecule has 1 aromatic carbocycles. The molecule has 1 heterocycles. The molecule has 1 fully saturated rings. The van der Waals surface area contributed by atoms with E-state index in [4.69, 9.17) is 0 Å². The second-order valence-corrected chi connectivity index (χ2v) is 7.84. The van der Waals surface area contributed by atoms with E-state index < -0.39 is 9.84 Å². The molecule has 0 aliphatic carbocycles. The number of sulfone groups is 1. The Morgan fingerprint density at radius 3 is 2.45 bits per heavy atom. The van der Waals surface area contributed by atoms with Crippen LogP contribution in [-0.2, 0) is 25.8 Å². The largest absolute Gasteiger partial charge is 0.351 e. The molecule has 1 saturated heterocycles. The van der Waals surface area contributed by atoms with Gasteiger partial charge in [0, 0.05) is 6.04 Å². The van der Waals surface area contributed by atoms with Crippen LogP contribution in [0, 0.1) is 6.92 Å². The highest BCUT2D eigenvalue weighted by atomic mass is 32.2. The predicted octanol–water partition coefficient (Wildman–Crippen LogP) is -0.0430. The highest BCUT2D eigenvalue weighted by Crippen LogP contribution is 2.10. The average Bonchev–Trinajstić information content (AvgIpc) is 2.78. The van der Waals surface area contributed by atoms with Gasteiger partial charge in [-0.3, -0.25) is 9.59 Å². The summed E-state index contributed by atoms with van der Waals surface area (Å²) in [7, 11) is -3.02. The Kier molecular flexibility index (Phi) is 5.18. The van der Waals surface area contributed by atoms with E-state index >= 15 is 0 Å². The fourth-order valence-corrected chi connectivity index (χ4v) is 3.99. The third-order valence-corrected chi connectivity index (χ3v) is 5.30.